The van der Waals surface area contributed by atoms with Crippen LogP contribution in [-0.4, -0.2) is 4.57 Å². The first-order valence-corrected chi connectivity index (χ1v) is 7.32. The second-order valence-corrected chi connectivity index (χ2v) is 6.81. The maximum Gasteiger partial charge on any atom is 0.0228 e. The maximum atomic E-state index is 2.68. The molecule has 0 fully saturated rings. The molecule has 0 spiro atoms. The Morgan fingerprint density at radius 3 is 2.29 bits per heavy atom. The summed E-state index contributed by atoms with van der Waals surface area (Å²) in [5.74, 6) is 0. The van der Waals surface area contributed by atoms with Gasteiger partial charge in [-0.25, -0.2) is 0 Å². The Morgan fingerprint density at radius 2 is 1.53 bits per heavy atom. The average Bonchev–Trinajstić information content (AvgIpc) is 2.70. The largest absolute Gasteiger partial charge is 0.348 e. The van der Waals surface area contributed by atoms with Crippen LogP contribution < -0.4 is 0 Å². The van der Waals surface area contributed by atoms with Crippen molar-refractivity contribution in [2.24, 2.45) is 0 Å². The van der Waals surface area contributed by atoms with Crippen LogP contribution in [0.4, 0.5) is 0 Å². The van der Waals surface area contributed by atoms with E-state index < -0.39 is 0 Å². The highest BCUT2D eigenvalue weighted by Crippen LogP contribution is 2.39. The van der Waals surface area contributed by atoms with Crippen molar-refractivity contribution in [1.82, 2.24) is 4.57 Å². The van der Waals surface area contributed by atoms with Gasteiger partial charge in [0.1, 0.15) is 0 Å². The third-order valence-corrected chi connectivity index (χ3v) is 4.48. The van der Waals surface area contributed by atoms with Gasteiger partial charge in [-0.2, -0.15) is 0 Å². The van der Waals surface area contributed by atoms with Crippen LogP contribution in [0.15, 0.2) is 0 Å². The van der Waals surface area contributed by atoms with Crippen LogP contribution >= 0.6 is 0 Å². The van der Waals surface area contributed by atoms with Gasteiger partial charge >= 0.3 is 0 Å². The van der Waals surface area contributed by atoms with Crippen molar-refractivity contribution in [1.29, 1.82) is 0 Å². The molecule has 1 aliphatic heterocycles. The highest BCUT2D eigenvalue weighted by atomic mass is 15.0. The van der Waals surface area contributed by atoms with E-state index in [0.717, 1.165) is 0 Å². The summed E-state index contributed by atoms with van der Waals surface area (Å²) in [7, 11) is 0. The summed E-state index contributed by atoms with van der Waals surface area (Å²) in [5, 5.41) is 0. The molecule has 0 unspecified atom stereocenters. The Morgan fingerprint density at radius 1 is 0.824 bits per heavy atom. The van der Waals surface area contributed by atoms with E-state index in [-0.39, 0.29) is 0 Å². The zero-order valence-corrected chi connectivity index (χ0v) is 11.6. The minimum Gasteiger partial charge on any atom is -0.348 e. The molecule has 1 aromatic rings. The van der Waals surface area contributed by atoms with Crippen molar-refractivity contribution >= 4 is 0 Å². The molecule has 0 N–H and O–H groups in total. The van der Waals surface area contributed by atoms with E-state index in [1.54, 1.807) is 22.5 Å². The zero-order valence-electron chi connectivity index (χ0n) is 11.6. The molecule has 1 heteroatoms. The summed E-state index contributed by atoms with van der Waals surface area (Å²) >= 11 is 0. The van der Waals surface area contributed by atoms with Crippen molar-refractivity contribution in [3.8, 4) is 0 Å². The number of fused-ring (bicyclic) bond motifs is 3. The molecule has 2 aliphatic rings. The molecule has 0 amide bonds. The highest BCUT2D eigenvalue weighted by Gasteiger charge is 2.31. The SMILES string of the molecule is CC(C)(C)c1c2c(n3c1CCC3)CCCCC2. The third-order valence-electron chi connectivity index (χ3n) is 4.48. The number of hydrogen-bond acceptors (Lipinski definition) is 0. The minimum atomic E-state index is 0.333. The van der Waals surface area contributed by atoms with E-state index in [0.29, 0.717) is 5.41 Å². The number of rotatable bonds is 0. The van der Waals surface area contributed by atoms with Crippen LogP contribution in [0.2, 0.25) is 0 Å². The summed E-state index contributed by atoms with van der Waals surface area (Å²) in [6.07, 6.45) is 9.58. The monoisotopic (exact) mass is 231 g/mol. The fourth-order valence-corrected chi connectivity index (χ4v) is 3.93. The molecule has 1 aromatic heterocycles. The zero-order chi connectivity index (χ0) is 12.0. The molecule has 3 rings (SSSR count). The van der Waals surface area contributed by atoms with Gasteiger partial charge in [-0.05, 0) is 55.1 Å². The quantitative estimate of drug-likeness (QED) is 0.595. The number of nitrogens with zero attached hydrogens (tertiary/aromatic N) is 1. The first kappa shape index (κ1) is 11.4. The lowest BCUT2D eigenvalue weighted by atomic mass is 9.82. The summed E-state index contributed by atoms with van der Waals surface area (Å²) in [5.41, 5.74) is 7.18. The van der Waals surface area contributed by atoms with E-state index in [1.807, 2.05) is 0 Å². The first-order valence-electron chi connectivity index (χ1n) is 7.32. The van der Waals surface area contributed by atoms with Crippen molar-refractivity contribution in [2.75, 3.05) is 0 Å². The molecule has 0 bridgehead atoms. The third kappa shape index (κ3) is 1.75. The standard InChI is InChI=1S/C16H25N/c1-16(2,3)15-12-8-5-4-6-9-13(12)17-11-7-10-14(15)17/h4-11H2,1-3H3. The molecule has 0 atom stereocenters. The molecule has 0 aromatic carbocycles. The van der Waals surface area contributed by atoms with Crippen molar-refractivity contribution in [2.45, 2.75) is 77.7 Å². The summed E-state index contributed by atoms with van der Waals surface area (Å²) in [4.78, 5) is 0. The molecule has 17 heavy (non-hydrogen) atoms. The molecule has 2 heterocycles. The van der Waals surface area contributed by atoms with Crippen LogP contribution in [0.5, 0.6) is 0 Å². The Kier molecular flexibility index (Phi) is 2.61. The Bertz CT molecular complexity index is 431. The summed E-state index contributed by atoms with van der Waals surface area (Å²) < 4.78 is 2.68. The van der Waals surface area contributed by atoms with Gasteiger partial charge in [-0.15, -0.1) is 0 Å². The molecule has 1 aliphatic carbocycles. The maximum absolute atomic E-state index is 2.68. The molecule has 94 valence electrons. The van der Waals surface area contributed by atoms with Gasteiger partial charge in [0.2, 0.25) is 0 Å². The Balaban J connectivity index is 2.20. The van der Waals surface area contributed by atoms with E-state index in [4.69, 9.17) is 0 Å². The molecular formula is C16H25N. The first-order chi connectivity index (χ1) is 8.09. The van der Waals surface area contributed by atoms with Gasteiger partial charge in [0, 0.05) is 17.9 Å². The van der Waals surface area contributed by atoms with Gasteiger partial charge < -0.3 is 4.57 Å². The number of aromatic nitrogens is 1. The molecule has 0 radical (unpaired) electrons. The highest BCUT2D eigenvalue weighted by molar-refractivity contribution is 5.45. The second kappa shape index (κ2) is 3.90. The molecule has 0 saturated carbocycles. The molecule has 1 nitrogen and oxygen atoms in total. The van der Waals surface area contributed by atoms with Crippen molar-refractivity contribution < 1.29 is 0 Å². The van der Waals surface area contributed by atoms with Gasteiger partial charge in [-0.1, -0.05) is 27.2 Å². The average molecular weight is 231 g/mol. The van der Waals surface area contributed by atoms with Crippen LogP contribution in [0.3, 0.4) is 0 Å². The van der Waals surface area contributed by atoms with Crippen molar-refractivity contribution in [3.05, 3.63) is 22.5 Å². The number of hydrogen-bond donors (Lipinski definition) is 0. The summed E-state index contributed by atoms with van der Waals surface area (Å²) in [6, 6.07) is 0. The van der Waals surface area contributed by atoms with E-state index >= 15 is 0 Å². The lowest BCUT2D eigenvalue weighted by Crippen LogP contribution is -2.15. The van der Waals surface area contributed by atoms with E-state index in [2.05, 4.69) is 25.3 Å². The summed E-state index contributed by atoms with van der Waals surface area (Å²) in [6.45, 7) is 8.47. The predicted molar refractivity (Wildman–Crippen MR) is 72.7 cm³/mol. The fourth-order valence-electron chi connectivity index (χ4n) is 3.93. The molecule has 0 saturated heterocycles. The van der Waals surface area contributed by atoms with Gasteiger partial charge in [0.05, 0.1) is 0 Å². The fraction of sp³-hybridized carbons (Fsp3) is 0.750. The smallest absolute Gasteiger partial charge is 0.0228 e. The molecular weight excluding hydrogens is 206 g/mol. The van der Waals surface area contributed by atoms with Crippen LogP contribution in [0, 0.1) is 0 Å². The van der Waals surface area contributed by atoms with Gasteiger partial charge in [-0.3, -0.25) is 0 Å². The lowest BCUT2D eigenvalue weighted by Gasteiger charge is -2.22. The normalized spacial score (nSPS) is 19.9. The van der Waals surface area contributed by atoms with E-state index in [1.165, 1.54) is 51.5 Å². The minimum absolute atomic E-state index is 0.333. The predicted octanol–water partition coefficient (Wildman–Crippen LogP) is 4.00. The van der Waals surface area contributed by atoms with Gasteiger partial charge in [0.15, 0.2) is 0 Å². The lowest BCUT2D eigenvalue weighted by molar-refractivity contribution is 0.574. The van der Waals surface area contributed by atoms with Crippen LogP contribution in [-0.2, 0) is 31.2 Å². The second-order valence-electron chi connectivity index (χ2n) is 6.81. The Labute approximate surface area is 105 Å². The Hall–Kier alpha value is -0.720. The van der Waals surface area contributed by atoms with Crippen LogP contribution in [0.25, 0.3) is 0 Å². The topological polar surface area (TPSA) is 4.93 Å². The van der Waals surface area contributed by atoms with Crippen LogP contribution in [0.1, 0.15) is 69.0 Å². The van der Waals surface area contributed by atoms with E-state index in [9.17, 15) is 0 Å². The van der Waals surface area contributed by atoms with Crippen molar-refractivity contribution in [3.63, 3.8) is 0 Å². The van der Waals surface area contributed by atoms with Gasteiger partial charge in [0.25, 0.3) is 0 Å².